The van der Waals surface area contributed by atoms with Crippen LogP contribution in [0.5, 0.6) is 5.75 Å². The van der Waals surface area contributed by atoms with E-state index < -0.39 is 19.5 Å². The highest BCUT2D eigenvalue weighted by atomic mass is 32.2. The van der Waals surface area contributed by atoms with E-state index in [0.29, 0.717) is 71.9 Å². The number of rotatable bonds is 9. The van der Waals surface area contributed by atoms with E-state index in [4.69, 9.17) is 18.9 Å². The fourth-order valence-electron chi connectivity index (χ4n) is 6.85. The van der Waals surface area contributed by atoms with Crippen LogP contribution in [0.15, 0.2) is 38.6 Å². The number of hydrogen-bond acceptors (Lipinski definition) is 8. The number of anilines is 1. The molecule has 0 radical (unpaired) electrons. The third kappa shape index (κ3) is 5.86. The number of methoxy groups -OCH3 is 1. The van der Waals surface area contributed by atoms with Crippen molar-refractivity contribution >= 4 is 47.3 Å². The maximum absolute atomic E-state index is 16.0. The Morgan fingerprint density at radius 3 is 2.33 bits per heavy atom. The van der Waals surface area contributed by atoms with E-state index >= 15 is 4.39 Å². The lowest BCUT2D eigenvalue weighted by molar-refractivity contribution is 0.0512. The van der Waals surface area contributed by atoms with Crippen LogP contribution in [0.4, 0.5) is 10.2 Å². The Balaban J connectivity index is 1.87. The second kappa shape index (κ2) is 13.1. The van der Waals surface area contributed by atoms with E-state index in [9.17, 15) is 4.79 Å². The van der Waals surface area contributed by atoms with Crippen LogP contribution in [0.1, 0.15) is 59.1 Å². The van der Waals surface area contributed by atoms with Gasteiger partial charge >= 0.3 is 5.63 Å². The van der Waals surface area contributed by atoms with Gasteiger partial charge in [0.05, 0.1) is 11.1 Å². The van der Waals surface area contributed by atoms with Crippen molar-refractivity contribution in [2.45, 2.75) is 76.7 Å². The van der Waals surface area contributed by atoms with Crippen LogP contribution < -0.4 is 15.3 Å². The van der Waals surface area contributed by atoms with Crippen molar-refractivity contribution in [1.29, 1.82) is 0 Å². The van der Waals surface area contributed by atoms with Gasteiger partial charge in [0.25, 0.3) is 0 Å². The predicted molar refractivity (Wildman–Crippen MR) is 185 cm³/mol. The normalized spacial score (nSPS) is 13.6. The van der Waals surface area contributed by atoms with Crippen molar-refractivity contribution in [2.24, 2.45) is 0 Å². The van der Waals surface area contributed by atoms with Crippen LogP contribution in [0.25, 0.3) is 33.0 Å². The molecule has 0 aliphatic carbocycles. The Kier molecular flexibility index (Phi) is 9.64. The number of ether oxygens (including phenoxy) is 2. The molecule has 0 atom stereocenters. The number of halogens is 1. The third-order valence-electron chi connectivity index (χ3n) is 9.20. The summed E-state index contributed by atoms with van der Waals surface area (Å²) in [5.74, 6) is 4.33. The van der Waals surface area contributed by atoms with Crippen LogP contribution in [-0.4, -0.2) is 51.3 Å². The highest BCUT2D eigenvalue weighted by Crippen LogP contribution is 2.42. The molecule has 1 fully saturated rings. The summed E-state index contributed by atoms with van der Waals surface area (Å²) < 4.78 is 33.1. The second-order valence-electron chi connectivity index (χ2n) is 12.6. The molecule has 0 amide bonds. The Bertz CT molecular complexity index is 1850. The number of hydrogen-bond donors (Lipinski definition) is 0. The molecular formula is C35H42FN3O4SSi. The van der Waals surface area contributed by atoms with Gasteiger partial charge in [-0.05, 0) is 59.8 Å². The molecule has 3 heterocycles. The summed E-state index contributed by atoms with van der Waals surface area (Å²) in [5, 5.41) is 2.21. The molecular weight excluding hydrogens is 606 g/mol. The molecule has 1 aliphatic heterocycles. The van der Waals surface area contributed by atoms with E-state index in [0.717, 1.165) is 19.5 Å². The number of nitrogens with zero attached hydrogens (tertiary/aromatic N) is 3. The first-order chi connectivity index (χ1) is 21.4. The van der Waals surface area contributed by atoms with Gasteiger partial charge in [-0.25, -0.2) is 19.2 Å². The van der Waals surface area contributed by atoms with Gasteiger partial charge in [-0.15, -0.1) is 5.54 Å². The van der Waals surface area contributed by atoms with Crippen molar-refractivity contribution in [3.8, 4) is 28.5 Å². The average Bonchev–Trinajstić information content (AvgIpc) is 2.97. The molecule has 4 aromatic rings. The highest BCUT2D eigenvalue weighted by Gasteiger charge is 2.41. The minimum absolute atomic E-state index is 0.0221. The molecule has 10 heteroatoms. The quantitative estimate of drug-likeness (QED) is 0.0590. The maximum atomic E-state index is 16.0. The number of aromatic nitrogens is 2. The Morgan fingerprint density at radius 2 is 1.76 bits per heavy atom. The fourth-order valence-corrected chi connectivity index (χ4v) is 12.4. The first-order valence-corrected chi connectivity index (χ1v) is 19.0. The first-order valence-electron chi connectivity index (χ1n) is 15.5. The Morgan fingerprint density at radius 1 is 1.07 bits per heavy atom. The van der Waals surface area contributed by atoms with Gasteiger partial charge in [-0.2, -0.15) is 0 Å². The predicted octanol–water partition coefficient (Wildman–Crippen LogP) is 8.33. The lowest BCUT2D eigenvalue weighted by atomic mass is 9.95. The van der Waals surface area contributed by atoms with Crippen LogP contribution in [0.2, 0.25) is 16.6 Å². The van der Waals surface area contributed by atoms with E-state index in [1.54, 1.807) is 19.2 Å². The van der Waals surface area contributed by atoms with E-state index in [2.05, 4.69) is 62.9 Å². The minimum atomic E-state index is -2.19. The molecule has 0 saturated carbocycles. The zero-order chi connectivity index (χ0) is 32.6. The molecule has 5 rings (SSSR count). The number of aryl methyl sites for hydroxylation is 1. The third-order valence-corrected chi connectivity index (χ3v) is 16.0. The zero-order valence-electron chi connectivity index (χ0n) is 27.6. The number of benzene rings is 2. The van der Waals surface area contributed by atoms with E-state index in [-0.39, 0.29) is 12.4 Å². The summed E-state index contributed by atoms with van der Waals surface area (Å²) in [6.07, 6.45) is 2.95. The van der Waals surface area contributed by atoms with Crippen LogP contribution >= 0.6 is 11.8 Å². The van der Waals surface area contributed by atoms with Crippen molar-refractivity contribution in [3.63, 3.8) is 0 Å². The van der Waals surface area contributed by atoms with Crippen molar-refractivity contribution < 1.29 is 18.3 Å². The fraction of sp³-hybridized carbons (Fsp3) is 0.457. The Labute approximate surface area is 269 Å². The second-order valence-corrected chi connectivity index (χ2v) is 19.0. The number of thioether (sulfide) groups is 1. The van der Waals surface area contributed by atoms with Crippen LogP contribution in [-0.2, 0) is 4.74 Å². The highest BCUT2D eigenvalue weighted by molar-refractivity contribution is 7.98. The van der Waals surface area contributed by atoms with Crippen molar-refractivity contribution in [1.82, 2.24) is 9.97 Å². The standard InChI is InChI=1S/C35H42FN3O4SSi/c1-20(2)45(21(3)4,22(5)6)16-13-26-28(36)12-11-24-17-25(42-19-41-8)18-27(29(24)26)32-23(7)31-30(34(40)43-32)33(39-14-10-15-39)38-35(37-31)44-9/h11-12,17-18,20-22H,10,14-15,19H2,1-9H3. The summed E-state index contributed by atoms with van der Waals surface area (Å²) in [7, 11) is -0.648. The summed E-state index contributed by atoms with van der Waals surface area (Å²) in [6, 6.07) is 6.76. The summed E-state index contributed by atoms with van der Waals surface area (Å²) in [5.41, 5.74) is 6.27. The van der Waals surface area contributed by atoms with Gasteiger partial charge in [0.2, 0.25) is 0 Å². The number of fused-ring (bicyclic) bond motifs is 2. The average molecular weight is 648 g/mol. The molecule has 7 nitrogen and oxygen atoms in total. The Hall–Kier alpha value is -3.39. The first kappa shape index (κ1) is 33.0. The smallest absolute Gasteiger partial charge is 0.349 e. The topological polar surface area (TPSA) is 77.7 Å². The molecule has 0 N–H and O–H groups in total. The van der Waals surface area contributed by atoms with Gasteiger partial charge in [-0.1, -0.05) is 65.3 Å². The van der Waals surface area contributed by atoms with Gasteiger partial charge in [-0.3, -0.25) is 0 Å². The molecule has 0 unspecified atom stereocenters. The SMILES string of the molecule is COCOc1cc(-c2oc(=O)c3c(N4CCC4)nc(SC)nc3c2C)c2c(C#C[Si](C(C)C)(C(C)C)C(C)C)c(F)ccc2c1. The lowest BCUT2D eigenvalue weighted by Gasteiger charge is -2.38. The van der Waals surface area contributed by atoms with Gasteiger partial charge in [0.15, 0.2) is 11.9 Å². The molecule has 1 saturated heterocycles. The van der Waals surface area contributed by atoms with Gasteiger partial charge in [0, 0.05) is 36.7 Å². The minimum Gasteiger partial charge on any atom is -0.468 e. The zero-order valence-corrected chi connectivity index (χ0v) is 29.4. The largest absolute Gasteiger partial charge is 0.468 e. The molecule has 1 aliphatic rings. The van der Waals surface area contributed by atoms with Gasteiger partial charge in [0.1, 0.15) is 36.6 Å². The molecule has 0 bridgehead atoms. The van der Waals surface area contributed by atoms with Crippen LogP contribution in [0, 0.1) is 24.2 Å². The molecule has 2 aromatic heterocycles. The van der Waals surface area contributed by atoms with E-state index in [1.165, 1.54) is 17.8 Å². The molecule has 2 aromatic carbocycles. The molecule has 45 heavy (non-hydrogen) atoms. The maximum Gasteiger partial charge on any atom is 0.349 e. The summed E-state index contributed by atoms with van der Waals surface area (Å²) in [4.78, 5) is 25.3. The van der Waals surface area contributed by atoms with Crippen molar-refractivity contribution in [2.75, 3.05) is 38.1 Å². The van der Waals surface area contributed by atoms with Crippen LogP contribution in [0.3, 0.4) is 0 Å². The van der Waals surface area contributed by atoms with E-state index in [1.807, 2.05) is 19.2 Å². The van der Waals surface area contributed by atoms with Crippen molar-refractivity contribution in [3.05, 3.63) is 51.6 Å². The summed E-state index contributed by atoms with van der Waals surface area (Å²) >= 11 is 1.42. The lowest BCUT2D eigenvalue weighted by Crippen LogP contribution is -2.43. The summed E-state index contributed by atoms with van der Waals surface area (Å²) in [6.45, 7) is 16.9. The monoisotopic (exact) mass is 647 g/mol. The molecule has 238 valence electrons. The molecule has 0 spiro atoms. The van der Waals surface area contributed by atoms with Gasteiger partial charge < -0.3 is 18.8 Å².